The van der Waals surface area contributed by atoms with Crippen LogP contribution in [0.3, 0.4) is 0 Å². The predicted molar refractivity (Wildman–Crippen MR) is 60.7 cm³/mol. The van der Waals surface area contributed by atoms with Crippen molar-refractivity contribution >= 4 is 0 Å². The lowest BCUT2D eigenvalue weighted by molar-refractivity contribution is -0.429. The fourth-order valence-corrected chi connectivity index (χ4v) is 1.86. The first-order chi connectivity index (χ1) is 8.75. The van der Waals surface area contributed by atoms with Crippen molar-refractivity contribution in [3.63, 3.8) is 0 Å². The molecule has 0 saturated heterocycles. The molecule has 2 aliphatic rings. The molecule has 1 aliphatic carbocycles. The van der Waals surface area contributed by atoms with E-state index < -0.39 is 11.0 Å². The van der Waals surface area contributed by atoms with E-state index >= 15 is 0 Å². The third kappa shape index (κ3) is 1.57. The highest BCUT2D eigenvalue weighted by molar-refractivity contribution is 5.49. The molecule has 1 atom stereocenters. The fraction of sp³-hybridized carbons (Fsp3) is 0.111. The van der Waals surface area contributed by atoms with Crippen molar-refractivity contribution in [2.45, 2.75) is 6.04 Å². The van der Waals surface area contributed by atoms with Gasteiger partial charge in [-0.15, -0.1) is 10.2 Å². The summed E-state index contributed by atoms with van der Waals surface area (Å²) >= 11 is 0. The minimum absolute atomic E-state index is 0.0439. The number of hydrogen-bond acceptors (Lipinski definition) is 7. The van der Waals surface area contributed by atoms with Gasteiger partial charge < -0.3 is 10.9 Å². The van der Waals surface area contributed by atoms with E-state index in [-0.39, 0.29) is 5.70 Å². The van der Waals surface area contributed by atoms with E-state index in [2.05, 4.69) is 26.5 Å². The summed E-state index contributed by atoms with van der Waals surface area (Å²) in [5, 5.41) is 18.4. The summed E-state index contributed by atoms with van der Waals surface area (Å²) in [5.41, 5.74) is 9.69. The lowest BCUT2D eigenvalue weighted by atomic mass is 10.0. The highest BCUT2D eigenvalue weighted by Crippen LogP contribution is 2.25. The average molecular weight is 247 g/mol. The number of allylic oxidation sites excluding steroid dienone is 1. The van der Waals surface area contributed by atoms with Crippen LogP contribution in [0.1, 0.15) is 0 Å². The second kappa shape index (κ2) is 3.87. The Morgan fingerprint density at radius 1 is 1.44 bits per heavy atom. The summed E-state index contributed by atoms with van der Waals surface area (Å²) in [6, 6.07) is -0.560. The van der Waals surface area contributed by atoms with Crippen molar-refractivity contribution < 1.29 is 4.92 Å². The Balaban J connectivity index is 1.95. The van der Waals surface area contributed by atoms with Crippen LogP contribution >= 0.6 is 0 Å². The molecule has 0 amide bonds. The summed E-state index contributed by atoms with van der Waals surface area (Å²) in [7, 11) is 0. The molecule has 3 N–H and O–H groups in total. The first kappa shape index (κ1) is 10.3. The van der Waals surface area contributed by atoms with E-state index in [9.17, 15) is 10.1 Å². The van der Waals surface area contributed by atoms with Gasteiger partial charge in [0.1, 0.15) is 18.4 Å². The molecular formula is C9H9N7O2. The van der Waals surface area contributed by atoms with Crippen molar-refractivity contribution in [3.8, 4) is 0 Å². The van der Waals surface area contributed by atoms with E-state index in [0.29, 0.717) is 5.70 Å². The van der Waals surface area contributed by atoms with Crippen LogP contribution in [0, 0.1) is 10.1 Å². The minimum Gasteiger partial charge on any atom is -0.307 e. The maximum absolute atomic E-state index is 11.2. The zero-order valence-corrected chi connectivity index (χ0v) is 9.07. The number of nitrogens with zero attached hydrogens (tertiary/aromatic N) is 4. The Kier molecular flexibility index (Phi) is 2.22. The van der Waals surface area contributed by atoms with Gasteiger partial charge in [0, 0.05) is 11.8 Å². The first-order valence-corrected chi connectivity index (χ1v) is 5.16. The average Bonchev–Trinajstić information content (AvgIpc) is 2.98. The van der Waals surface area contributed by atoms with Gasteiger partial charge in [-0.3, -0.25) is 15.5 Å². The van der Waals surface area contributed by atoms with Crippen molar-refractivity contribution in [1.29, 1.82) is 0 Å². The van der Waals surface area contributed by atoms with E-state index in [0.717, 1.165) is 5.57 Å². The zero-order chi connectivity index (χ0) is 12.5. The second-order valence-corrected chi connectivity index (χ2v) is 3.72. The van der Waals surface area contributed by atoms with Gasteiger partial charge in [-0.1, -0.05) is 6.08 Å². The van der Waals surface area contributed by atoms with Gasteiger partial charge in [0.25, 0.3) is 5.70 Å². The number of fused-ring (bicyclic) bond motifs is 1. The minimum atomic E-state index is -0.560. The Morgan fingerprint density at radius 2 is 2.22 bits per heavy atom. The third-order valence-corrected chi connectivity index (χ3v) is 2.64. The number of hydrogen-bond donors (Lipinski definition) is 3. The third-order valence-electron chi connectivity index (χ3n) is 2.64. The smallest absolute Gasteiger partial charge is 0.299 e. The Morgan fingerprint density at radius 3 is 2.94 bits per heavy atom. The molecular weight excluding hydrogens is 238 g/mol. The molecule has 3 rings (SSSR count). The van der Waals surface area contributed by atoms with Gasteiger partial charge in [-0.05, 0) is 6.08 Å². The summed E-state index contributed by atoms with van der Waals surface area (Å²) in [6.45, 7) is 0. The van der Waals surface area contributed by atoms with E-state index in [4.69, 9.17) is 0 Å². The summed E-state index contributed by atoms with van der Waals surface area (Å²) in [5.74, 6) is 0. The zero-order valence-electron chi connectivity index (χ0n) is 9.07. The highest BCUT2D eigenvalue weighted by Gasteiger charge is 2.34. The number of nitro groups is 1. The van der Waals surface area contributed by atoms with Crippen LogP contribution in [0.2, 0.25) is 0 Å². The van der Waals surface area contributed by atoms with Gasteiger partial charge in [0.15, 0.2) is 6.04 Å². The molecule has 9 heteroatoms. The monoisotopic (exact) mass is 247 g/mol. The highest BCUT2D eigenvalue weighted by atomic mass is 16.6. The van der Waals surface area contributed by atoms with Gasteiger partial charge >= 0.3 is 0 Å². The molecule has 0 saturated carbocycles. The van der Waals surface area contributed by atoms with Crippen LogP contribution < -0.4 is 16.3 Å². The van der Waals surface area contributed by atoms with Crippen LogP contribution in [-0.4, -0.2) is 25.8 Å². The largest absolute Gasteiger partial charge is 0.307 e. The molecule has 2 heterocycles. The molecule has 1 aliphatic heterocycles. The van der Waals surface area contributed by atoms with Crippen molar-refractivity contribution in [2.24, 2.45) is 0 Å². The maximum Gasteiger partial charge on any atom is 0.299 e. The van der Waals surface area contributed by atoms with Crippen molar-refractivity contribution in [2.75, 3.05) is 5.43 Å². The summed E-state index contributed by atoms with van der Waals surface area (Å²) in [4.78, 5) is 10.8. The predicted octanol–water partition coefficient (Wildman–Crippen LogP) is -0.760. The topological polar surface area (TPSA) is 110 Å². The molecule has 18 heavy (non-hydrogen) atoms. The van der Waals surface area contributed by atoms with Crippen molar-refractivity contribution in [3.05, 3.63) is 58.1 Å². The summed E-state index contributed by atoms with van der Waals surface area (Å²) in [6.07, 6.45) is 8.05. The molecule has 0 spiro atoms. The summed E-state index contributed by atoms with van der Waals surface area (Å²) < 4.78 is 1.47. The van der Waals surface area contributed by atoms with Crippen LogP contribution in [0.15, 0.2) is 48.0 Å². The maximum atomic E-state index is 11.2. The van der Waals surface area contributed by atoms with Gasteiger partial charge in [-0.2, -0.15) is 0 Å². The Bertz CT molecular complexity index is 572. The molecule has 9 nitrogen and oxygen atoms in total. The fourth-order valence-electron chi connectivity index (χ4n) is 1.86. The van der Waals surface area contributed by atoms with Crippen molar-refractivity contribution in [1.82, 2.24) is 25.7 Å². The van der Waals surface area contributed by atoms with Crippen LogP contribution in [0.5, 0.6) is 0 Å². The van der Waals surface area contributed by atoms with Crippen LogP contribution in [0.25, 0.3) is 0 Å². The quantitative estimate of drug-likeness (QED) is 0.475. The number of rotatable bonds is 3. The van der Waals surface area contributed by atoms with E-state index in [1.165, 1.54) is 17.3 Å². The standard InChI is InChI=1S/C9H9N7O2/c17-16(18)9-7(14-15-4-11-12-5-15)2-1-6-3-10-13-8(6)9/h1-5,7,10,13-14H. The molecule has 0 radical (unpaired) electrons. The SMILES string of the molecule is O=[N+]([O-])C1=C2NNC=C2C=CC1Nn1cnnc1. The van der Waals surface area contributed by atoms with Crippen LogP contribution in [-0.2, 0) is 0 Å². The molecule has 0 fully saturated rings. The Labute approximate surface area is 101 Å². The number of hydrazine groups is 1. The molecule has 92 valence electrons. The molecule has 0 aromatic carbocycles. The van der Waals surface area contributed by atoms with E-state index in [1.807, 2.05) is 0 Å². The normalized spacial score (nSPS) is 20.9. The van der Waals surface area contributed by atoms with E-state index in [1.54, 1.807) is 18.4 Å². The number of aromatic nitrogens is 3. The molecule has 1 unspecified atom stereocenters. The second-order valence-electron chi connectivity index (χ2n) is 3.72. The lowest BCUT2D eigenvalue weighted by Gasteiger charge is -2.18. The Hall–Kier alpha value is -2.84. The van der Waals surface area contributed by atoms with Gasteiger partial charge in [-0.25, -0.2) is 4.68 Å². The lowest BCUT2D eigenvalue weighted by Crippen LogP contribution is -2.35. The van der Waals surface area contributed by atoms with Gasteiger partial charge in [0.2, 0.25) is 0 Å². The molecule has 1 aromatic heterocycles. The molecule has 1 aromatic rings. The van der Waals surface area contributed by atoms with Crippen LogP contribution in [0.4, 0.5) is 0 Å². The molecule has 0 bridgehead atoms. The number of nitrogens with one attached hydrogen (secondary N) is 3. The van der Waals surface area contributed by atoms with Gasteiger partial charge in [0.05, 0.1) is 4.92 Å². The first-order valence-electron chi connectivity index (χ1n) is 5.16.